The fourth-order valence-electron chi connectivity index (χ4n) is 4.31. The molecule has 2 amide bonds. The van der Waals surface area contributed by atoms with Crippen LogP contribution in [-0.2, 0) is 14.3 Å². The summed E-state index contributed by atoms with van der Waals surface area (Å²) in [5.74, 6) is 0.174. The molecule has 1 atom stereocenters. The van der Waals surface area contributed by atoms with E-state index in [1.807, 2.05) is 4.90 Å². The quantitative estimate of drug-likeness (QED) is 0.642. The molecule has 1 unspecified atom stereocenters. The molecular weight excluding hydrogens is 403 g/mol. The summed E-state index contributed by atoms with van der Waals surface area (Å²) in [7, 11) is 0. The molecule has 3 saturated heterocycles. The first-order valence-corrected chi connectivity index (χ1v) is 10.3. The van der Waals surface area contributed by atoms with E-state index in [0.717, 1.165) is 78.3 Å². The van der Waals surface area contributed by atoms with Crippen molar-refractivity contribution in [2.24, 2.45) is 5.92 Å². The van der Waals surface area contributed by atoms with Crippen molar-refractivity contribution in [2.45, 2.75) is 38.6 Å². The molecule has 3 aliphatic rings. The molecule has 3 aliphatic heterocycles. The van der Waals surface area contributed by atoms with E-state index in [2.05, 4.69) is 22.0 Å². The van der Waals surface area contributed by atoms with Crippen LogP contribution in [0.2, 0.25) is 0 Å². The summed E-state index contributed by atoms with van der Waals surface area (Å²) in [4.78, 5) is 31.9. The molecule has 7 nitrogen and oxygen atoms in total. The molecule has 0 spiro atoms. The molecule has 164 valence electrons. The van der Waals surface area contributed by atoms with Gasteiger partial charge in [0.2, 0.25) is 11.8 Å². The molecule has 3 fully saturated rings. The van der Waals surface area contributed by atoms with Crippen molar-refractivity contribution in [3.63, 3.8) is 0 Å². The Morgan fingerprint density at radius 2 is 1.86 bits per heavy atom. The lowest BCUT2D eigenvalue weighted by molar-refractivity contribution is -0.138. The normalized spacial score (nSPS) is 23.8. The number of amides is 2. The van der Waals surface area contributed by atoms with Crippen molar-refractivity contribution in [2.75, 3.05) is 65.6 Å². The predicted octanol–water partition coefficient (Wildman–Crippen LogP) is 1.00. The highest BCUT2D eigenvalue weighted by molar-refractivity contribution is 5.89. The Balaban J connectivity index is 0.00000196. The van der Waals surface area contributed by atoms with Gasteiger partial charge in [-0.1, -0.05) is 6.92 Å². The molecule has 3 rings (SSSR count). The number of hydrogen-bond acceptors (Lipinski definition) is 5. The van der Waals surface area contributed by atoms with E-state index in [0.29, 0.717) is 19.0 Å². The van der Waals surface area contributed by atoms with Crippen molar-refractivity contribution in [1.29, 1.82) is 0 Å². The van der Waals surface area contributed by atoms with Crippen LogP contribution in [0.1, 0.15) is 32.6 Å². The van der Waals surface area contributed by atoms with Crippen LogP contribution >= 0.6 is 24.8 Å². The molecule has 1 N–H and O–H groups in total. The number of ether oxygens (including phenoxy) is 1. The monoisotopic (exact) mass is 438 g/mol. The Bertz CT molecular complexity index is 486. The third kappa shape index (κ3) is 6.73. The van der Waals surface area contributed by atoms with Crippen molar-refractivity contribution in [3.8, 4) is 0 Å². The average molecular weight is 439 g/mol. The lowest BCUT2D eigenvalue weighted by Crippen LogP contribution is -2.49. The third-order valence-corrected chi connectivity index (χ3v) is 5.85. The molecule has 9 heteroatoms. The van der Waals surface area contributed by atoms with Crippen LogP contribution in [0.25, 0.3) is 0 Å². The largest absolute Gasteiger partial charge is 0.379 e. The summed E-state index contributed by atoms with van der Waals surface area (Å²) in [5.41, 5.74) is 0. The fraction of sp³-hybridized carbons (Fsp3) is 0.895. The highest BCUT2D eigenvalue weighted by Gasteiger charge is 2.38. The maximum Gasteiger partial charge on any atom is 0.228 e. The maximum atomic E-state index is 13.1. The summed E-state index contributed by atoms with van der Waals surface area (Å²) in [5, 5.41) is 3.37. The highest BCUT2D eigenvalue weighted by atomic mass is 35.5. The van der Waals surface area contributed by atoms with Gasteiger partial charge in [0.05, 0.1) is 19.1 Å². The Morgan fingerprint density at radius 1 is 1.18 bits per heavy atom. The fourth-order valence-corrected chi connectivity index (χ4v) is 4.31. The van der Waals surface area contributed by atoms with Crippen LogP contribution in [0.5, 0.6) is 0 Å². The Labute approximate surface area is 181 Å². The molecule has 0 aromatic carbocycles. The molecule has 0 saturated carbocycles. The average Bonchev–Trinajstić information content (AvgIpc) is 3.06. The van der Waals surface area contributed by atoms with Crippen LogP contribution in [0.4, 0.5) is 0 Å². The molecule has 3 heterocycles. The van der Waals surface area contributed by atoms with Gasteiger partial charge in [0.25, 0.3) is 0 Å². The Hall–Kier alpha value is -0.600. The van der Waals surface area contributed by atoms with Crippen LogP contribution in [0.3, 0.4) is 0 Å². The van der Waals surface area contributed by atoms with Gasteiger partial charge in [-0.05, 0) is 32.4 Å². The first-order chi connectivity index (χ1) is 12.7. The van der Waals surface area contributed by atoms with E-state index in [1.54, 1.807) is 0 Å². The van der Waals surface area contributed by atoms with Crippen LogP contribution in [0, 0.1) is 5.92 Å². The van der Waals surface area contributed by atoms with Gasteiger partial charge >= 0.3 is 0 Å². The lowest BCUT2D eigenvalue weighted by Gasteiger charge is -2.36. The Morgan fingerprint density at radius 3 is 2.50 bits per heavy atom. The number of halogens is 2. The number of nitrogens with zero attached hydrogens (tertiary/aromatic N) is 3. The molecule has 0 aliphatic carbocycles. The van der Waals surface area contributed by atoms with E-state index in [-0.39, 0.29) is 42.5 Å². The summed E-state index contributed by atoms with van der Waals surface area (Å²) in [6, 6.07) is 0.334. The maximum absolute atomic E-state index is 13.1. The minimum absolute atomic E-state index is 0. The van der Waals surface area contributed by atoms with Gasteiger partial charge in [-0.15, -0.1) is 24.8 Å². The SMILES string of the molecule is CCCN(C(=O)C1CC(=O)N(CCN2CCOCC2)C1)C1CCNCC1.Cl.Cl. The van der Waals surface area contributed by atoms with E-state index in [4.69, 9.17) is 4.74 Å². The van der Waals surface area contributed by atoms with E-state index < -0.39 is 0 Å². The van der Waals surface area contributed by atoms with Crippen molar-refractivity contribution in [1.82, 2.24) is 20.0 Å². The molecular formula is C19H36Cl2N4O3. The number of likely N-dealkylation sites (tertiary alicyclic amines) is 1. The predicted molar refractivity (Wildman–Crippen MR) is 114 cm³/mol. The van der Waals surface area contributed by atoms with Gasteiger partial charge in [-0.25, -0.2) is 0 Å². The topological polar surface area (TPSA) is 65.1 Å². The number of nitrogens with one attached hydrogen (secondary N) is 1. The number of morpholine rings is 1. The van der Waals surface area contributed by atoms with E-state index in [9.17, 15) is 9.59 Å². The Kier molecular flexibility index (Phi) is 11.7. The highest BCUT2D eigenvalue weighted by Crippen LogP contribution is 2.23. The zero-order valence-corrected chi connectivity index (χ0v) is 18.6. The second-order valence-electron chi connectivity index (χ2n) is 7.71. The van der Waals surface area contributed by atoms with Crippen molar-refractivity contribution < 1.29 is 14.3 Å². The summed E-state index contributed by atoms with van der Waals surface area (Å²) in [6.07, 6.45) is 3.39. The van der Waals surface area contributed by atoms with Gasteiger partial charge in [0.15, 0.2) is 0 Å². The van der Waals surface area contributed by atoms with Crippen LogP contribution in [0.15, 0.2) is 0 Å². The van der Waals surface area contributed by atoms with Crippen LogP contribution in [-0.4, -0.2) is 98.1 Å². The van der Waals surface area contributed by atoms with Crippen molar-refractivity contribution in [3.05, 3.63) is 0 Å². The second-order valence-corrected chi connectivity index (χ2v) is 7.71. The van der Waals surface area contributed by atoms with Crippen LogP contribution < -0.4 is 5.32 Å². The van der Waals surface area contributed by atoms with Gasteiger partial charge in [0, 0.05) is 51.7 Å². The number of rotatable bonds is 7. The number of carbonyl (C=O) groups is 2. The smallest absolute Gasteiger partial charge is 0.228 e. The van der Waals surface area contributed by atoms with Gasteiger partial charge in [-0.2, -0.15) is 0 Å². The summed E-state index contributed by atoms with van der Waals surface area (Å²) in [6.45, 7) is 10.5. The summed E-state index contributed by atoms with van der Waals surface area (Å²) >= 11 is 0. The molecule has 0 aromatic heterocycles. The zero-order chi connectivity index (χ0) is 18.4. The minimum atomic E-state index is -0.159. The standard InChI is InChI=1S/C19H34N4O3.2ClH/c1-2-7-23(17-3-5-20-6-4-17)19(25)16-14-18(24)22(15-16)9-8-21-10-12-26-13-11-21;;/h16-17,20H,2-15H2,1H3;2*1H. The van der Waals surface area contributed by atoms with Crippen molar-refractivity contribution >= 4 is 36.6 Å². The molecule has 0 radical (unpaired) electrons. The second kappa shape index (κ2) is 12.9. The molecule has 0 aromatic rings. The number of carbonyl (C=O) groups excluding carboxylic acids is 2. The van der Waals surface area contributed by atoms with Gasteiger partial charge in [0.1, 0.15) is 0 Å². The van der Waals surface area contributed by atoms with E-state index in [1.165, 1.54) is 0 Å². The van der Waals surface area contributed by atoms with Gasteiger partial charge < -0.3 is 19.9 Å². The molecule has 0 bridgehead atoms. The first-order valence-electron chi connectivity index (χ1n) is 10.3. The van der Waals surface area contributed by atoms with E-state index >= 15 is 0 Å². The first kappa shape index (κ1) is 25.4. The zero-order valence-electron chi connectivity index (χ0n) is 16.9. The number of hydrogen-bond donors (Lipinski definition) is 1. The minimum Gasteiger partial charge on any atom is -0.379 e. The summed E-state index contributed by atoms with van der Waals surface area (Å²) < 4.78 is 5.37. The molecule has 28 heavy (non-hydrogen) atoms. The third-order valence-electron chi connectivity index (χ3n) is 5.85. The lowest BCUT2D eigenvalue weighted by atomic mass is 10.0. The van der Waals surface area contributed by atoms with Gasteiger partial charge in [-0.3, -0.25) is 14.5 Å². The number of piperidine rings is 1.